The fraction of sp³-hybridized carbons (Fsp3) is 0.429. The first kappa shape index (κ1) is 17.5. The third-order valence-electron chi connectivity index (χ3n) is 3.46. The number of carbonyl (C=O) groups excluding carboxylic acids is 1. The van der Waals surface area contributed by atoms with Crippen LogP contribution in [0, 0.1) is 0 Å². The number of hydrogen-bond acceptors (Lipinski definition) is 6. The van der Waals surface area contributed by atoms with Crippen LogP contribution in [0.5, 0.6) is 0 Å². The molecule has 24 heavy (non-hydrogen) atoms. The largest absolute Gasteiger partial charge is 0.376 e. The number of tetrazole rings is 1. The van der Waals surface area contributed by atoms with E-state index in [0.717, 1.165) is 19.4 Å². The van der Waals surface area contributed by atoms with Gasteiger partial charge >= 0.3 is 0 Å². The van der Waals surface area contributed by atoms with E-state index in [4.69, 9.17) is 27.9 Å². The van der Waals surface area contributed by atoms with Crippen LogP contribution in [0.2, 0.25) is 10.0 Å². The average molecular weight is 388 g/mol. The van der Waals surface area contributed by atoms with Gasteiger partial charge in [0.25, 0.3) is 0 Å². The lowest BCUT2D eigenvalue weighted by Gasteiger charge is -2.10. The Kier molecular flexibility index (Phi) is 5.94. The third-order valence-corrected chi connectivity index (χ3v) is 5.23. The number of ether oxygens (including phenoxy) is 1. The molecule has 0 bridgehead atoms. The molecule has 1 aliphatic rings. The molecule has 1 aromatic heterocycles. The summed E-state index contributed by atoms with van der Waals surface area (Å²) in [6, 6.07) is 5.07. The Hall–Kier alpha value is -1.35. The molecule has 2 heterocycles. The van der Waals surface area contributed by atoms with Crippen molar-refractivity contribution in [3.8, 4) is 0 Å². The van der Waals surface area contributed by atoms with Crippen molar-refractivity contribution < 1.29 is 9.53 Å². The van der Waals surface area contributed by atoms with E-state index in [-0.39, 0.29) is 17.8 Å². The molecule has 1 unspecified atom stereocenters. The molecule has 128 valence electrons. The van der Waals surface area contributed by atoms with Gasteiger partial charge in [-0.15, -0.1) is 5.10 Å². The van der Waals surface area contributed by atoms with Crippen molar-refractivity contribution in [3.05, 3.63) is 28.2 Å². The number of anilines is 1. The van der Waals surface area contributed by atoms with Gasteiger partial charge in [-0.2, -0.15) is 0 Å². The predicted octanol–water partition coefficient (Wildman–Crippen LogP) is 2.89. The number of halogens is 2. The third kappa shape index (κ3) is 4.38. The van der Waals surface area contributed by atoms with Crippen LogP contribution in [0.1, 0.15) is 12.8 Å². The van der Waals surface area contributed by atoms with Crippen LogP contribution in [0.25, 0.3) is 0 Å². The Morgan fingerprint density at radius 2 is 2.33 bits per heavy atom. The smallest absolute Gasteiger partial charge is 0.234 e. The molecule has 1 fully saturated rings. The molecular formula is C14H15Cl2N5O2S. The highest BCUT2D eigenvalue weighted by molar-refractivity contribution is 7.99. The molecule has 0 radical (unpaired) electrons. The summed E-state index contributed by atoms with van der Waals surface area (Å²) in [5.41, 5.74) is 0.480. The van der Waals surface area contributed by atoms with Crippen molar-refractivity contribution in [2.45, 2.75) is 30.6 Å². The number of carbonyl (C=O) groups is 1. The van der Waals surface area contributed by atoms with Crippen molar-refractivity contribution in [3.63, 3.8) is 0 Å². The van der Waals surface area contributed by atoms with E-state index in [9.17, 15) is 4.79 Å². The van der Waals surface area contributed by atoms with Crippen LogP contribution in [0.3, 0.4) is 0 Å². The molecule has 0 saturated carbocycles. The van der Waals surface area contributed by atoms with Gasteiger partial charge in [0, 0.05) is 6.61 Å². The number of nitrogens with one attached hydrogen (secondary N) is 1. The summed E-state index contributed by atoms with van der Waals surface area (Å²) in [4.78, 5) is 12.1. The van der Waals surface area contributed by atoms with Gasteiger partial charge in [0.05, 0.1) is 34.1 Å². The molecule has 7 nitrogen and oxygen atoms in total. The van der Waals surface area contributed by atoms with Crippen molar-refractivity contribution >= 4 is 46.6 Å². The monoisotopic (exact) mass is 387 g/mol. The molecule has 1 saturated heterocycles. The summed E-state index contributed by atoms with van der Waals surface area (Å²) in [6.07, 6.45) is 2.18. The van der Waals surface area contributed by atoms with E-state index >= 15 is 0 Å². The molecule has 1 atom stereocenters. The second-order valence-corrected chi connectivity index (χ2v) is 6.94. The Labute approximate surface area is 153 Å². The SMILES string of the molecule is O=C(CSc1nnnn1CC1CCCO1)Nc1cccc(Cl)c1Cl. The number of aromatic nitrogens is 4. The summed E-state index contributed by atoms with van der Waals surface area (Å²) in [7, 11) is 0. The van der Waals surface area contributed by atoms with Gasteiger partial charge in [0.1, 0.15) is 0 Å². The molecule has 1 aliphatic heterocycles. The maximum absolute atomic E-state index is 12.1. The van der Waals surface area contributed by atoms with Crippen molar-refractivity contribution in [1.82, 2.24) is 20.2 Å². The Bertz CT molecular complexity index is 721. The molecular weight excluding hydrogens is 373 g/mol. The predicted molar refractivity (Wildman–Crippen MR) is 92.6 cm³/mol. The summed E-state index contributed by atoms with van der Waals surface area (Å²) in [5.74, 6) is -0.0507. The van der Waals surface area contributed by atoms with Crippen LogP contribution in [0.15, 0.2) is 23.4 Å². The molecule has 1 N–H and O–H groups in total. The lowest BCUT2D eigenvalue weighted by molar-refractivity contribution is -0.113. The van der Waals surface area contributed by atoms with Crippen LogP contribution in [-0.4, -0.2) is 44.6 Å². The van der Waals surface area contributed by atoms with Gasteiger partial charge < -0.3 is 10.1 Å². The maximum Gasteiger partial charge on any atom is 0.234 e. The minimum absolute atomic E-state index is 0.131. The van der Waals surface area contributed by atoms with Gasteiger partial charge in [-0.1, -0.05) is 41.0 Å². The van der Waals surface area contributed by atoms with E-state index in [1.807, 2.05) is 0 Å². The molecule has 1 aromatic carbocycles. The van der Waals surface area contributed by atoms with Crippen LogP contribution >= 0.6 is 35.0 Å². The summed E-state index contributed by atoms with van der Waals surface area (Å²) >= 11 is 13.2. The number of amides is 1. The lowest BCUT2D eigenvalue weighted by Crippen LogP contribution is -2.18. The molecule has 1 amide bonds. The zero-order chi connectivity index (χ0) is 16.9. The van der Waals surface area contributed by atoms with Crippen molar-refractivity contribution in [2.75, 3.05) is 17.7 Å². The van der Waals surface area contributed by atoms with E-state index < -0.39 is 0 Å². The highest BCUT2D eigenvalue weighted by Gasteiger charge is 2.19. The van der Waals surface area contributed by atoms with Gasteiger partial charge in [0.2, 0.25) is 11.1 Å². The standard InChI is InChI=1S/C14H15Cl2N5O2S/c15-10-4-1-5-11(13(10)16)17-12(22)8-24-14-18-19-20-21(14)7-9-3-2-6-23-9/h1,4-5,9H,2-3,6-8H2,(H,17,22). The molecule has 0 aliphatic carbocycles. The minimum atomic E-state index is -0.212. The second-order valence-electron chi connectivity index (χ2n) is 5.22. The van der Waals surface area contributed by atoms with Gasteiger partial charge in [-0.25, -0.2) is 4.68 Å². The van der Waals surface area contributed by atoms with Gasteiger partial charge in [-0.3, -0.25) is 4.79 Å². The zero-order valence-electron chi connectivity index (χ0n) is 12.6. The average Bonchev–Trinajstić information content (AvgIpc) is 3.22. The zero-order valence-corrected chi connectivity index (χ0v) is 14.9. The number of nitrogens with zero attached hydrogens (tertiary/aromatic N) is 4. The summed E-state index contributed by atoms with van der Waals surface area (Å²) < 4.78 is 7.25. The Morgan fingerprint density at radius 1 is 1.46 bits per heavy atom. The van der Waals surface area contributed by atoms with Crippen LogP contribution < -0.4 is 5.32 Å². The van der Waals surface area contributed by atoms with Gasteiger partial charge in [-0.05, 0) is 35.4 Å². The first-order valence-electron chi connectivity index (χ1n) is 7.38. The Morgan fingerprint density at radius 3 is 3.12 bits per heavy atom. The highest BCUT2D eigenvalue weighted by Crippen LogP contribution is 2.29. The highest BCUT2D eigenvalue weighted by atomic mass is 35.5. The summed E-state index contributed by atoms with van der Waals surface area (Å²) in [6.45, 7) is 1.37. The number of thioether (sulfide) groups is 1. The fourth-order valence-electron chi connectivity index (χ4n) is 2.31. The number of hydrogen-bond donors (Lipinski definition) is 1. The lowest BCUT2D eigenvalue weighted by atomic mass is 10.2. The van der Waals surface area contributed by atoms with Gasteiger partial charge in [0.15, 0.2) is 0 Å². The van der Waals surface area contributed by atoms with Crippen LogP contribution in [-0.2, 0) is 16.1 Å². The van der Waals surface area contributed by atoms with Crippen molar-refractivity contribution in [2.24, 2.45) is 0 Å². The topological polar surface area (TPSA) is 81.9 Å². The number of benzene rings is 1. The second kappa shape index (κ2) is 8.15. The first-order chi connectivity index (χ1) is 11.6. The fourth-order valence-corrected chi connectivity index (χ4v) is 3.35. The molecule has 10 heteroatoms. The first-order valence-corrected chi connectivity index (χ1v) is 9.12. The van der Waals surface area contributed by atoms with E-state index in [1.54, 1.807) is 22.9 Å². The quantitative estimate of drug-likeness (QED) is 0.767. The van der Waals surface area contributed by atoms with E-state index in [1.165, 1.54) is 11.8 Å². The summed E-state index contributed by atoms with van der Waals surface area (Å²) in [5, 5.41) is 15.6. The maximum atomic E-state index is 12.1. The normalized spacial score (nSPS) is 17.2. The molecule has 2 aromatic rings. The van der Waals surface area contributed by atoms with Crippen LogP contribution in [0.4, 0.5) is 5.69 Å². The molecule has 3 rings (SSSR count). The van der Waals surface area contributed by atoms with Crippen molar-refractivity contribution in [1.29, 1.82) is 0 Å². The van der Waals surface area contributed by atoms with E-state index in [0.29, 0.717) is 27.4 Å². The van der Waals surface area contributed by atoms with E-state index in [2.05, 4.69) is 20.8 Å². The molecule has 0 spiro atoms. The number of rotatable bonds is 6. The Balaban J connectivity index is 1.55. The minimum Gasteiger partial charge on any atom is -0.376 e.